The van der Waals surface area contributed by atoms with Crippen LogP contribution in [0, 0.1) is 11.3 Å². The minimum absolute atomic E-state index is 0.0767. The molecule has 6 heteroatoms. The van der Waals surface area contributed by atoms with Crippen LogP contribution in [-0.4, -0.2) is 26.0 Å². The van der Waals surface area contributed by atoms with Gasteiger partial charge >= 0.3 is 0 Å². The van der Waals surface area contributed by atoms with Gasteiger partial charge in [-0.3, -0.25) is 5.41 Å². The van der Waals surface area contributed by atoms with Crippen LogP contribution < -0.4 is 10.5 Å². The van der Waals surface area contributed by atoms with Crippen molar-refractivity contribution in [2.24, 2.45) is 11.7 Å². The van der Waals surface area contributed by atoms with E-state index in [0.29, 0.717) is 6.42 Å². The Bertz CT molecular complexity index is 309. The number of rotatable bonds is 6. The Labute approximate surface area is 84.6 Å². The van der Waals surface area contributed by atoms with Crippen LogP contribution in [0.25, 0.3) is 0 Å². The van der Waals surface area contributed by atoms with Crippen LogP contribution in [0.2, 0.25) is 0 Å². The highest BCUT2D eigenvalue weighted by molar-refractivity contribution is 7.89. The summed E-state index contributed by atoms with van der Waals surface area (Å²) < 4.78 is 25.3. The lowest BCUT2D eigenvalue weighted by Crippen LogP contribution is -2.46. The maximum atomic E-state index is 11.4. The summed E-state index contributed by atoms with van der Waals surface area (Å²) in [5.41, 5.74) is 5.34. The molecule has 1 rings (SSSR count). The van der Waals surface area contributed by atoms with Crippen LogP contribution in [0.15, 0.2) is 0 Å². The zero-order valence-corrected chi connectivity index (χ0v) is 9.10. The van der Waals surface area contributed by atoms with Crippen LogP contribution in [0.4, 0.5) is 0 Å². The topological polar surface area (TPSA) is 96.0 Å². The second-order valence-electron chi connectivity index (χ2n) is 3.71. The zero-order chi connectivity index (χ0) is 10.8. The third-order valence-electron chi connectivity index (χ3n) is 2.21. The van der Waals surface area contributed by atoms with E-state index in [4.69, 9.17) is 11.1 Å². The van der Waals surface area contributed by atoms with E-state index in [1.165, 1.54) is 0 Å². The Morgan fingerprint density at radius 3 is 2.57 bits per heavy atom. The van der Waals surface area contributed by atoms with Gasteiger partial charge in [0.15, 0.2) is 0 Å². The first-order valence-corrected chi connectivity index (χ1v) is 6.45. The van der Waals surface area contributed by atoms with Gasteiger partial charge in [-0.2, -0.15) is 0 Å². The smallest absolute Gasteiger partial charge is 0.212 e. The predicted octanol–water partition coefficient (Wildman–Crippen LogP) is 0.0304. The number of amidine groups is 1. The molecule has 5 nitrogen and oxygen atoms in total. The molecule has 0 amide bonds. The average molecular weight is 219 g/mol. The van der Waals surface area contributed by atoms with Gasteiger partial charge in [0.25, 0.3) is 0 Å². The van der Waals surface area contributed by atoms with Crippen molar-refractivity contribution in [1.82, 2.24) is 4.72 Å². The van der Waals surface area contributed by atoms with Crippen molar-refractivity contribution >= 4 is 15.9 Å². The van der Waals surface area contributed by atoms with Crippen molar-refractivity contribution in [3.63, 3.8) is 0 Å². The molecule has 0 aliphatic heterocycles. The van der Waals surface area contributed by atoms with Crippen LogP contribution in [0.3, 0.4) is 0 Å². The molecule has 4 N–H and O–H groups in total. The van der Waals surface area contributed by atoms with Crippen molar-refractivity contribution in [1.29, 1.82) is 5.41 Å². The Kier molecular flexibility index (Phi) is 3.49. The van der Waals surface area contributed by atoms with E-state index >= 15 is 0 Å². The normalized spacial score (nSPS) is 19.2. The first-order chi connectivity index (χ1) is 6.46. The van der Waals surface area contributed by atoms with Gasteiger partial charge in [-0.05, 0) is 25.2 Å². The molecule has 0 aromatic heterocycles. The largest absolute Gasteiger partial charge is 0.386 e. The highest BCUT2D eigenvalue weighted by atomic mass is 32.2. The highest BCUT2D eigenvalue weighted by Crippen LogP contribution is 2.32. The third kappa shape index (κ3) is 3.26. The number of hydrogen-bond acceptors (Lipinski definition) is 3. The van der Waals surface area contributed by atoms with Crippen LogP contribution in [-0.2, 0) is 10.0 Å². The number of nitrogens with one attached hydrogen (secondary N) is 2. The summed E-state index contributed by atoms with van der Waals surface area (Å²) >= 11 is 0. The summed E-state index contributed by atoms with van der Waals surface area (Å²) in [4.78, 5) is 0. The van der Waals surface area contributed by atoms with Crippen LogP contribution >= 0.6 is 0 Å². The van der Waals surface area contributed by atoms with Crippen LogP contribution in [0.5, 0.6) is 0 Å². The van der Waals surface area contributed by atoms with Gasteiger partial charge in [0.2, 0.25) is 10.0 Å². The van der Waals surface area contributed by atoms with Crippen LogP contribution in [0.1, 0.15) is 26.2 Å². The Hall–Kier alpha value is -0.620. The lowest BCUT2D eigenvalue weighted by molar-refractivity contribution is 0.562. The summed E-state index contributed by atoms with van der Waals surface area (Å²) in [6.45, 7) is 1.80. The molecule has 1 saturated carbocycles. The monoisotopic (exact) mass is 219 g/mol. The first-order valence-electron chi connectivity index (χ1n) is 4.80. The van der Waals surface area contributed by atoms with Gasteiger partial charge in [-0.25, -0.2) is 13.1 Å². The molecule has 1 atom stereocenters. The summed E-state index contributed by atoms with van der Waals surface area (Å²) in [6.07, 6.45) is 2.49. The third-order valence-corrected chi connectivity index (χ3v) is 3.77. The van der Waals surface area contributed by atoms with Crippen molar-refractivity contribution in [3.05, 3.63) is 0 Å². The van der Waals surface area contributed by atoms with Gasteiger partial charge in [0, 0.05) is 0 Å². The summed E-state index contributed by atoms with van der Waals surface area (Å²) in [5.74, 6) is 0.259. The molecule has 0 radical (unpaired) electrons. The van der Waals surface area contributed by atoms with Gasteiger partial charge in [0.1, 0.15) is 5.84 Å². The molecular formula is C8H17N3O2S. The van der Waals surface area contributed by atoms with E-state index in [0.717, 1.165) is 12.8 Å². The molecule has 82 valence electrons. The van der Waals surface area contributed by atoms with E-state index in [9.17, 15) is 8.42 Å². The highest BCUT2D eigenvalue weighted by Gasteiger charge is 2.35. The van der Waals surface area contributed by atoms with E-state index < -0.39 is 16.1 Å². The van der Waals surface area contributed by atoms with E-state index in [1.807, 2.05) is 0 Å². The fourth-order valence-corrected chi connectivity index (χ4v) is 2.73. The van der Waals surface area contributed by atoms with E-state index in [-0.39, 0.29) is 17.5 Å². The van der Waals surface area contributed by atoms with Gasteiger partial charge in [0.05, 0.1) is 11.8 Å². The summed E-state index contributed by atoms with van der Waals surface area (Å²) in [6, 6.07) is -0.480. The maximum absolute atomic E-state index is 11.4. The Morgan fingerprint density at radius 2 is 2.21 bits per heavy atom. The Morgan fingerprint density at radius 1 is 1.64 bits per heavy atom. The second-order valence-corrected chi connectivity index (χ2v) is 5.58. The number of nitrogens with two attached hydrogens (primary N) is 1. The summed E-state index contributed by atoms with van der Waals surface area (Å²) in [7, 11) is -3.25. The van der Waals surface area contributed by atoms with Gasteiger partial charge in [-0.15, -0.1) is 0 Å². The lowest BCUT2D eigenvalue weighted by atomic mass is 10.2. The fraction of sp³-hybridized carbons (Fsp3) is 0.875. The van der Waals surface area contributed by atoms with Crippen molar-refractivity contribution in [2.45, 2.75) is 32.2 Å². The van der Waals surface area contributed by atoms with E-state index in [1.54, 1.807) is 6.92 Å². The van der Waals surface area contributed by atoms with Crippen molar-refractivity contribution < 1.29 is 8.42 Å². The molecule has 0 bridgehead atoms. The number of sulfonamides is 1. The standard InChI is InChI=1S/C8H17N3O2S/c1-2-5-14(12,13)11-7(8(9)10)6-3-4-6/h6-7,11H,2-5H2,1H3,(H3,9,10). The average Bonchev–Trinajstić information content (AvgIpc) is 2.82. The molecule has 0 aromatic rings. The molecule has 1 aliphatic carbocycles. The number of hydrogen-bond donors (Lipinski definition) is 3. The zero-order valence-electron chi connectivity index (χ0n) is 8.29. The first kappa shape index (κ1) is 11.5. The lowest BCUT2D eigenvalue weighted by Gasteiger charge is -2.16. The second kappa shape index (κ2) is 4.27. The molecule has 1 fully saturated rings. The molecule has 0 spiro atoms. The molecule has 0 heterocycles. The SMILES string of the molecule is CCCS(=O)(=O)NC(C(=N)N)C1CC1. The molecule has 1 aliphatic rings. The van der Waals surface area contributed by atoms with Crippen molar-refractivity contribution in [3.8, 4) is 0 Å². The molecule has 14 heavy (non-hydrogen) atoms. The van der Waals surface area contributed by atoms with E-state index in [2.05, 4.69) is 4.72 Å². The quantitative estimate of drug-likeness (QED) is 0.434. The predicted molar refractivity (Wildman–Crippen MR) is 55.6 cm³/mol. The van der Waals surface area contributed by atoms with Gasteiger partial charge < -0.3 is 5.73 Å². The molecular weight excluding hydrogens is 202 g/mol. The summed E-state index contributed by atoms with van der Waals surface area (Å²) in [5, 5.41) is 7.29. The Balaban J connectivity index is 2.59. The van der Waals surface area contributed by atoms with Crippen molar-refractivity contribution in [2.75, 3.05) is 5.75 Å². The minimum atomic E-state index is -3.25. The fourth-order valence-electron chi connectivity index (χ4n) is 1.36. The molecule has 1 unspecified atom stereocenters. The molecule has 0 aromatic carbocycles. The molecule has 0 saturated heterocycles. The van der Waals surface area contributed by atoms with Gasteiger partial charge in [-0.1, -0.05) is 6.92 Å². The maximum Gasteiger partial charge on any atom is 0.212 e. The minimum Gasteiger partial charge on any atom is -0.386 e.